The average molecular weight is 315 g/mol. The van der Waals surface area contributed by atoms with Gasteiger partial charge in [0.05, 0.1) is 11.3 Å². The van der Waals surface area contributed by atoms with Crippen LogP contribution < -0.4 is 10.1 Å². The number of phenolic OH excluding ortho intramolecular Hbond substituents is 1. The number of amides is 1. The van der Waals surface area contributed by atoms with Crippen molar-refractivity contribution >= 4 is 17.6 Å². The Morgan fingerprint density at radius 1 is 1.17 bits per heavy atom. The summed E-state index contributed by atoms with van der Waals surface area (Å²) >= 11 is 0. The molecule has 0 saturated carbocycles. The van der Waals surface area contributed by atoms with E-state index < -0.39 is 11.9 Å². The van der Waals surface area contributed by atoms with Crippen molar-refractivity contribution in [1.29, 1.82) is 0 Å². The Hall–Kier alpha value is -3.02. The molecule has 0 atom stereocenters. The lowest BCUT2D eigenvalue weighted by molar-refractivity contribution is -0.118. The van der Waals surface area contributed by atoms with Gasteiger partial charge in [-0.3, -0.25) is 4.79 Å². The summed E-state index contributed by atoms with van der Waals surface area (Å²) in [5.74, 6) is -1.28. The van der Waals surface area contributed by atoms with Gasteiger partial charge in [0.15, 0.2) is 6.61 Å². The van der Waals surface area contributed by atoms with Crippen LogP contribution in [0.3, 0.4) is 0 Å². The fraction of sp³-hybridized carbons (Fsp3) is 0.176. The number of carboxylic acid groups (broad SMARTS) is 1. The molecule has 2 aromatic rings. The Kier molecular flexibility index (Phi) is 5.19. The largest absolute Gasteiger partial charge is 0.506 e. The predicted molar refractivity (Wildman–Crippen MR) is 85.0 cm³/mol. The third-order valence-corrected chi connectivity index (χ3v) is 3.23. The van der Waals surface area contributed by atoms with E-state index in [1.54, 1.807) is 6.07 Å². The molecule has 6 nitrogen and oxygen atoms in total. The molecule has 0 fully saturated rings. The van der Waals surface area contributed by atoms with Crippen LogP contribution in [0.5, 0.6) is 11.5 Å². The third-order valence-electron chi connectivity index (χ3n) is 3.23. The topological polar surface area (TPSA) is 95.9 Å². The Bertz CT molecular complexity index is 727. The quantitative estimate of drug-likeness (QED) is 0.712. The first-order valence-electron chi connectivity index (χ1n) is 7.08. The predicted octanol–water partition coefficient (Wildman–Crippen LogP) is 2.67. The number of hydrogen-bond donors (Lipinski definition) is 3. The van der Waals surface area contributed by atoms with Crippen LogP contribution in [0, 0.1) is 0 Å². The molecule has 120 valence electrons. The number of benzene rings is 2. The van der Waals surface area contributed by atoms with Gasteiger partial charge in [0, 0.05) is 0 Å². The normalized spacial score (nSPS) is 10.1. The van der Waals surface area contributed by atoms with Gasteiger partial charge in [0.25, 0.3) is 5.91 Å². The first-order valence-corrected chi connectivity index (χ1v) is 7.08. The van der Waals surface area contributed by atoms with Crippen molar-refractivity contribution < 1.29 is 24.5 Å². The highest BCUT2D eigenvalue weighted by Gasteiger charge is 2.11. The van der Waals surface area contributed by atoms with Gasteiger partial charge in [-0.1, -0.05) is 25.1 Å². The molecule has 0 spiro atoms. The van der Waals surface area contributed by atoms with Crippen molar-refractivity contribution in [3.8, 4) is 11.5 Å². The number of carbonyl (C=O) groups excluding carboxylic acids is 1. The summed E-state index contributed by atoms with van der Waals surface area (Å²) in [7, 11) is 0. The number of nitrogens with one attached hydrogen (secondary N) is 1. The molecule has 0 aromatic heterocycles. The number of anilines is 1. The van der Waals surface area contributed by atoms with Crippen molar-refractivity contribution in [3.63, 3.8) is 0 Å². The molecule has 0 saturated heterocycles. The number of aromatic hydroxyl groups is 1. The zero-order chi connectivity index (χ0) is 16.8. The smallest absolute Gasteiger partial charge is 0.335 e. The summed E-state index contributed by atoms with van der Waals surface area (Å²) in [5.41, 5.74) is 1.06. The zero-order valence-corrected chi connectivity index (χ0v) is 12.6. The van der Waals surface area contributed by atoms with Gasteiger partial charge in [0.1, 0.15) is 11.5 Å². The van der Waals surface area contributed by atoms with Gasteiger partial charge in [-0.15, -0.1) is 0 Å². The third kappa shape index (κ3) is 4.23. The standard InChI is InChI=1S/C17H17NO5/c1-2-11-5-3-4-6-15(11)23-10-16(20)18-13-8-7-12(17(21)22)9-14(13)19/h3-9,19H,2,10H2,1H3,(H,18,20)(H,21,22). The van der Waals surface area contributed by atoms with E-state index in [-0.39, 0.29) is 23.6 Å². The first kappa shape index (κ1) is 16.4. The van der Waals surface area contributed by atoms with E-state index in [0.29, 0.717) is 5.75 Å². The number of phenols is 1. The molecule has 23 heavy (non-hydrogen) atoms. The van der Waals surface area contributed by atoms with Gasteiger partial charge >= 0.3 is 5.97 Å². The van der Waals surface area contributed by atoms with E-state index in [1.165, 1.54) is 12.1 Å². The van der Waals surface area contributed by atoms with Crippen LogP contribution in [0.1, 0.15) is 22.8 Å². The summed E-state index contributed by atoms with van der Waals surface area (Å²) in [5, 5.41) is 21.0. The van der Waals surface area contributed by atoms with Crippen LogP contribution in [-0.2, 0) is 11.2 Å². The number of para-hydroxylation sites is 1. The van der Waals surface area contributed by atoms with Crippen molar-refractivity contribution in [2.45, 2.75) is 13.3 Å². The van der Waals surface area contributed by atoms with Crippen LogP contribution in [0.25, 0.3) is 0 Å². The minimum absolute atomic E-state index is 0.0615. The average Bonchev–Trinajstić information content (AvgIpc) is 2.54. The van der Waals surface area contributed by atoms with Crippen LogP contribution in [0.15, 0.2) is 42.5 Å². The molecule has 0 unspecified atom stereocenters. The van der Waals surface area contributed by atoms with Gasteiger partial charge < -0.3 is 20.3 Å². The van der Waals surface area contributed by atoms with Crippen molar-refractivity contribution in [2.24, 2.45) is 0 Å². The van der Waals surface area contributed by atoms with Gasteiger partial charge in [-0.25, -0.2) is 4.79 Å². The number of aryl methyl sites for hydroxylation is 1. The van der Waals surface area contributed by atoms with Crippen molar-refractivity contribution in [2.75, 3.05) is 11.9 Å². The molecular formula is C17H17NO5. The molecule has 1 amide bonds. The first-order chi connectivity index (χ1) is 11.0. The molecule has 0 heterocycles. The maximum Gasteiger partial charge on any atom is 0.335 e. The Labute approximate surface area is 133 Å². The maximum absolute atomic E-state index is 11.9. The van der Waals surface area contributed by atoms with E-state index in [1.807, 2.05) is 25.1 Å². The maximum atomic E-state index is 11.9. The number of ether oxygens (including phenoxy) is 1. The lowest BCUT2D eigenvalue weighted by Crippen LogP contribution is -2.20. The van der Waals surface area contributed by atoms with E-state index in [4.69, 9.17) is 9.84 Å². The lowest BCUT2D eigenvalue weighted by Gasteiger charge is -2.11. The number of carboxylic acids is 1. The molecule has 0 aliphatic heterocycles. The molecule has 6 heteroatoms. The van der Waals surface area contributed by atoms with Gasteiger partial charge in [0.2, 0.25) is 0 Å². The van der Waals surface area contributed by atoms with Crippen LogP contribution in [0.4, 0.5) is 5.69 Å². The van der Waals surface area contributed by atoms with Crippen molar-refractivity contribution in [1.82, 2.24) is 0 Å². The Morgan fingerprint density at radius 3 is 2.57 bits per heavy atom. The lowest BCUT2D eigenvalue weighted by atomic mass is 10.1. The summed E-state index contributed by atoms with van der Waals surface area (Å²) in [6.07, 6.45) is 0.787. The van der Waals surface area contributed by atoms with Crippen LogP contribution in [0.2, 0.25) is 0 Å². The Morgan fingerprint density at radius 2 is 1.91 bits per heavy atom. The number of aromatic carboxylic acids is 1. The van der Waals surface area contributed by atoms with Gasteiger partial charge in [-0.05, 0) is 36.2 Å². The molecular weight excluding hydrogens is 298 g/mol. The minimum Gasteiger partial charge on any atom is -0.506 e. The highest BCUT2D eigenvalue weighted by molar-refractivity contribution is 5.95. The number of rotatable bonds is 6. The fourth-order valence-corrected chi connectivity index (χ4v) is 2.04. The second-order valence-electron chi connectivity index (χ2n) is 4.84. The monoisotopic (exact) mass is 315 g/mol. The fourth-order valence-electron chi connectivity index (χ4n) is 2.04. The molecule has 3 N–H and O–H groups in total. The highest BCUT2D eigenvalue weighted by atomic mass is 16.5. The number of hydrogen-bond acceptors (Lipinski definition) is 4. The number of carbonyl (C=O) groups is 2. The minimum atomic E-state index is -1.15. The summed E-state index contributed by atoms with van der Waals surface area (Å²) in [6.45, 7) is 1.78. The Balaban J connectivity index is 1.98. The summed E-state index contributed by atoms with van der Waals surface area (Å²) < 4.78 is 5.48. The summed E-state index contributed by atoms with van der Waals surface area (Å²) in [6, 6.07) is 11.1. The second-order valence-corrected chi connectivity index (χ2v) is 4.84. The SMILES string of the molecule is CCc1ccccc1OCC(=O)Nc1ccc(C(=O)O)cc1O. The summed E-state index contributed by atoms with van der Waals surface area (Å²) in [4.78, 5) is 22.7. The molecule has 0 aliphatic rings. The van der Waals surface area contributed by atoms with E-state index in [0.717, 1.165) is 18.1 Å². The van der Waals surface area contributed by atoms with E-state index >= 15 is 0 Å². The van der Waals surface area contributed by atoms with Crippen LogP contribution >= 0.6 is 0 Å². The molecule has 0 radical (unpaired) electrons. The highest BCUT2D eigenvalue weighted by Crippen LogP contribution is 2.24. The molecule has 2 aromatic carbocycles. The van der Waals surface area contributed by atoms with E-state index in [2.05, 4.69) is 5.32 Å². The van der Waals surface area contributed by atoms with Gasteiger partial charge in [-0.2, -0.15) is 0 Å². The molecule has 2 rings (SSSR count). The van der Waals surface area contributed by atoms with E-state index in [9.17, 15) is 14.7 Å². The van der Waals surface area contributed by atoms with Crippen molar-refractivity contribution in [3.05, 3.63) is 53.6 Å². The second kappa shape index (κ2) is 7.31. The van der Waals surface area contributed by atoms with Crippen LogP contribution in [-0.4, -0.2) is 28.7 Å². The molecule has 0 aliphatic carbocycles. The zero-order valence-electron chi connectivity index (χ0n) is 12.6. The molecule has 0 bridgehead atoms.